The number of amides is 1. The van der Waals surface area contributed by atoms with Crippen LogP contribution in [-0.4, -0.2) is 28.9 Å². The average Bonchev–Trinajstić information content (AvgIpc) is 3.26. The number of nitrogens with one attached hydrogen (secondary N) is 2. The van der Waals surface area contributed by atoms with Crippen molar-refractivity contribution in [2.45, 2.75) is 26.2 Å². The van der Waals surface area contributed by atoms with Gasteiger partial charge in [0, 0.05) is 19.2 Å². The monoisotopic (exact) mass is 278 g/mol. The Balaban J connectivity index is 2.15. The van der Waals surface area contributed by atoms with E-state index in [0.29, 0.717) is 24.8 Å². The van der Waals surface area contributed by atoms with Gasteiger partial charge in [0.2, 0.25) is 0 Å². The van der Waals surface area contributed by atoms with Crippen molar-refractivity contribution in [1.29, 1.82) is 0 Å². The molecule has 0 spiro atoms. The predicted octanol–water partition coefficient (Wildman–Crippen LogP) is 1.95. The van der Waals surface area contributed by atoms with E-state index in [2.05, 4.69) is 15.6 Å². The van der Waals surface area contributed by atoms with Crippen molar-refractivity contribution in [1.82, 2.24) is 10.3 Å². The number of nitrogens with zero attached hydrogens (tertiary/aromatic N) is 2. The maximum Gasteiger partial charge on any atom is 0.300 e. The number of hydrogen-bond donors (Lipinski definition) is 2. The van der Waals surface area contributed by atoms with E-state index in [4.69, 9.17) is 0 Å². The number of hydrogen-bond acceptors (Lipinski definition) is 5. The summed E-state index contributed by atoms with van der Waals surface area (Å²) >= 11 is 0. The second-order valence-electron chi connectivity index (χ2n) is 4.92. The lowest BCUT2D eigenvalue weighted by Crippen LogP contribution is -2.26. The molecule has 1 aliphatic rings. The van der Waals surface area contributed by atoms with E-state index >= 15 is 0 Å². The van der Waals surface area contributed by atoms with Crippen LogP contribution in [0.15, 0.2) is 12.3 Å². The van der Waals surface area contributed by atoms with Crippen LogP contribution in [-0.2, 0) is 0 Å². The molecule has 1 amide bonds. The molecule has 108 valence electrons. The third-order valence-electron chi connectivity index (χ3n) is 3.13. The fraction of sp³-hybridized carbons (Fsp3) is 0.538. The van der Waals surface area contributed by atoms with Crippen LogP contribution < -0.4 is 10.6 Å². The minimum absolute atomic E-state index is 0.0595. The molecule has 1 heterocycles. The van der Waals surface area contributed by atoms with E-state index in [1.165, 1.54) is 6.07 Å². The van der Waals surface area contributed by atoms with Crippen LogP contribution in [0.4, 0.5) is 11.5 Å². The molecule has 7 heteroatoms. The lowest BCUT2D eigenvalue weighted by molar-refractivity contribution is -0.385. The quantitative estimate of drug-likeness (QED) is 0.587. The molecule has 20 heavy (non-hydrogen) atoms. The molecule has 0 bridgehead atoms. The number of nitro groups is 1. The Morgan fingerprint density at radius 1 is 1.55 bits per heavy atom. The summed E-state index contributed by atoms with van der Waals surface area (Å²) in [6.07, 6.45) is 4.26. The summed E-state index contributed by atoms with van der Waals surface area (Å²) in [6.45, 7) is 3.28. The van der Waals surface area contributed by atoms with Gasteiger partial charge in [0.1, 0.15) is 17.6 Å². The van der Waals surface area contributed by atoms with E-state index in [9.17, 15) is 14.9 Å². The lowest BCUT2D eigenvalue weighted by atomic mass is 10.2. The van der Waals surface area contributed by atoms with Gasteiger partial charge < -0.3 is 10.6 Å². The highest BCUT2D eigenvalue weighted by Crippen LogP contribution is 2.28. The van der Waals surface area contributed by atoms with Crippen molar-refractivity contribution >= 4 is 17.4 Å². The summed E-state index contributed by atoms with van der Waals surface area (Å²) in [5.41, 5.74) is -0.204. The first-order valence-corrected chi connectivity index (χ1v) is 6.78. The Kier molecular flexibility index (Phi) is 4.49. The maximum atomic E-state index is 12.1. The first-order chi connectivity index (χ1) is 9.61. The predicted molar refractivity (Wildman–Crippen MR) is 74.7 cm³/mol. The van der Waals surface area contributed by atoms with Gasteiger partial charge in [-0.15, -0.1) is 0 Å². The minimum atomic E-state index is -0.581. The molecule has 1 fully saturated rings. The number of carbonyl (C=O) groups excluding carboxylic acids is 1. The Hall–Kier alpha value is -2.18. The highest BCUT2D eigenvalue weighted by atomic mass is 16.6. The van der Waals surface area contributed by atoms with Crippen LogP contribution in [0.2, 0.25) is 0 Å². The van der Waals surface area contributed by atoms with E-state index < -0.39 is 10.8 Å². The molecule has 2 rings (SSSR count). The second-order valence-corrected chi connectivity index (χ2v) is 4.92. The summed E-state index contributed by atoms with van der Waals surface area (Å²) in [5, 5.41) is 16.7. The zero-order chi connectivity index (χ0) is 14.5. The smallest absolute Gasteiger partial charge is 0.300 e. The SMILES string of the molecule is CCCNc1cc(C(=O)NCC2CC2)c([N+](=O)[O-])cn1. The normalized spacial score (nSPS) is 13.8. The lowest BCUT2D eigenvalue weighted by Gasteiger charge is -2.08. The van der Waals surface area contributed by atoms with Crippen LogP contribution in [0.5, 0.6) is 0 Å². The van der Waals surface area contributed by atoms with Crippen LogP contribution >= 0.6 is 0 Å². The standard InChI is InChI=1S/C13H18N4O3/c1-2-5-14-12-6-10(11(8-15-12)17(19)20)13(18)16-7-9-3-4-9/h6,8-9H,2-5,7H2,1H3,(H,14,15)(H,16,18). The molecule has 7 nitrogen and oxygen atoms in total. The van der Waals surface area contributed by atoms with E-state index in [0.717, 1.165) is 25.5 Å². The van der Waals surface area contributed by atoms with Gasteiger partial charge in [0.15, 0.2) is 0 Å². The van der Waals surface area contributed by atoms with Crippen molar-refractivity contribution in [3.63, 3.8) is 0 Å². The topological polar surface area (TPSA) is 97.2 Å². The molecule has 1 aromatic rings. The maximum absolute atomic E-state index is 12.1. The number of pyridine rings is 1. The summed E-state index contributed by atoms with van der Waals surface area (Å²) in [4.78, 5) is 26.4. The Morgan fingerprint density at radius 2 is 2.30 bits per heavy atom. The number of anilines is 1. The van der Waals surface area contributed by atoms with Crippen LogP contribution in [0, 0.1) is 16.0 Å². The van der Waals surface area contributed by atoms with Gasteiger partial charge in [-0.05, 0) is 25.2 Å². The summed E-state index contributed by atoms with van der Waals surface area (Å²) in [7, 11) is 0. The Bertz CT molecular complexity index is 514. The third kappa shape index (κ3) is 3.66. The molecule has 0 saturated heterocycles. The molecule has 0 radical (unpaired) electrons. The molecule has 0 unspecified atom stereocenters. The zero-order valence-corrected chi connectivity index (χ0v) is 11.4. The molecule has 1 saturated carbocycles. The first-order valence-electron chi connectivity index (χ1n) is 6.78. The Labute approximate surface area is 116 Å². The largest absolute Gasteiger partial charge is 0.370 e. The van der Waals surface area contributed by atoms with E-state index in [1.807, 2.05) is 6.92 Å². The van der Waals surface area contributed by atoms with Gasteiger partial charge in [0.05, 0.1) is 4.92 Å². The molecule has 2 N–H and O–H groups in total. The van der Waals surface area contributed by atoms with E-state index in [1.54, 1.807) is 0 Å². The van der Waals surface area contributed by atoms with Gasteiger partial charge in [0.25, 0.3) is 11.6 Å². The second kappa shape index (κ2) is 6.31. The minimum Gasteiger partial charge on any atom is -0.370 e. The summed E-state index contributed by atoms with van der Waals surface area (Å²) < 4.78 is 0. The Morgan fingerprint density at radius 3 is 2.90 bits per heavy atom. The van der Waals surface area contributed by atoms with Gasteiger partial charge >= 0.3 is 0 Å². The van der Waals surface area contributed by atoms with Crippen molar-refractivity contribution in [3.05, 3.63) is 27.9 Å². The summed E-state index contributed by atoms with van der Waals surface area (Å²) in [6, 6.07) is 1.44. The van der Waals surface area contributed by atoms with Crippen LogP contribution in [0.3, 0.4) is 0 Å². The molecule has 0 aromatic carbocycles. The zero-order valence-electron chi connectivity index (χ0n) is 11.4. The van der Waals surface area contributed by atoms with E-state index in [-0.39, 0.29) is 11.3 Å². The van der Waals surface area contributed by atoms with Gasteiger partial charge in [-0.25, -0.2) is 4.98 Å². The number of aromatic nitrogens is 1. The van der Waals surface area contributed by atoms with Crippen LogP contribution in [0.1, 0.15) is 36.5 Å². The molecular formula is C13H18N4O3. The average molecular weight is 278 g/mol. The van der Waals surface area contributed by atoms with Crippen molar-refractivity contribution in [3.8, 4) is 0 Å². The summed E-state index contributed by atoms with van der Waals surface area (Å²) in [5.74, 6) is 0.595. The fourth-order valence-corrected chi connectivity index (χ4v) is 1.78. The third-order valence-corrected chi connectivity index (χ3v) is 3.13. The fourth-order valence-electron chi connectivity index (χ4n) is 1.78. The molecule has 1 aromatic heterocycles. The van der Waals surface area contributed by atoms with Gasteiger partial charge in [-0.2, -0.15) is 0 Å². The first kappa shape index (κ1) is 14.2. The molecular weight excluding hydrogens is 260 g/mol. The molecule has 0 atom stereocenters. The van der Waals surface area contributed by atoms with Crippen LogP contribution in [0.25, 0.3) is 0 Å². The van der Waals surface area contributed by atoms with Gasteiger partial charge in [-0.3, -0.25) is 14.9 Å². The van der Waals surface area contributed by atoms with Crippen molar-refractivity contribution in [2.24, 2.45) is 5.92 Å². The highest BCUT2D eigenvalue weighted by Gasteiger charge is 2.25. The highest BCUT2D eigenvalue weighted by molar-refractivity contribution is 5.98. The van der Waals surface area contributed by atoms with Gasteiger partial charge in [-0.1, -0.05) is 6.92 Å². The molecule has 0 aliphatic heterocycles. The molecule has 1 aliphatic carbocycles. The number of rotatable bonds is 7. The number of carbonyl (C=O) groups is 1. The van der Waals surface area contributed by atoms with Crippen molar-refractivity contribution < 1.29 is 9.72 Å². The van der Waals surface area contributed by atoms with Crippen molar-refractivity contribution in [2.75, 3.05) is 18.4 Å².